The van der Waals surface area contributed by atoms with Crippen LogP contribution in [0.4, 0.5) is 5.69 Å². The summed E-state index contributed by atoms with van der Waals surface area (Å²) in [5.41, 5.74) is 1.73. The van der Waals surface area contributed by atoms with Gasteiger partial charge in [-0.2, -0.15) is 0 Å². The number of carbonyl (C=O) groups excluding carboxylic acids is 1. The predicted octanol–water partition coefficient (Wildman–Crippen LogP) is 4.12. The topological polar surface area (TPSA) is 52.5 Å². The Bertz CT molecular complexity index is 823. The lowest BCUT2D eigenvalue weighted by Gasteiger charge is -2.19. The highest BCUT2D eigenvalue weighted by Gasteiger charge is 2.17. The number of hydrogen-bond acceptors (Lipinski definition) is 3. The number of benzene rings is 2. The monoisotopic (exact) mass is 350 g/mol. The van der Waals surface area contributed by atoms with Gasteiger partial charge in [-0.25, -0.2) is 0 Å². The van der Waals surface area contributed by atoms with E-state index in [1.54, 1.807) is 32.4 Å². The van der Waals surface area contributed by atoms with Gasteiger partial charge in [0, 0.05) is 36.3 Å². The highest BCUT2D eigenvalue weighted by molar-refractivity contribution is 5.91. The molecule has 0 aliphatic carbocycles. The quantitative estimate of drug-likeness (QED) is 0.697. The molecule has 5 nitrogen and oxygen atoms in total. The molecule has 1 heterocycles. The van der Waals surface area contributed by atoms with E-state index in [2.05, 4.69) is 5.32 Å². The van der Waals surface area contributed by atoms with Crippen molar-refractivity contribution in [3.05, 3.63) is 78.6 Å². The van der Waals surface area contributed by atoms with Crippen LogP contribution in [0.25, 0.3) is 0 Å². The molecule has 5 heteroatoms. The van der Waals surface area contributed by atoms with Crippen LogP contribution in [-0.4, -0.2) is 24.7 Å². The lowest BCUT2D eigenvalue weighted by Crippen LogP contribution is -2.19. The minimum atomic E-state index is -0.0807. The van der Waals surface area contributed by atoms with Crippen LogP contribution in [0.1, 0.15) is 18.0 Å². The van der Waals surface area contributed by atoms with E-state index < -0.39 is 0 Å². The Balaban J connectivity index is 1.79. The van der Waals surface area contributed by atoms with Gasteiger partial charge in [0.1, 0.15) is 11.5 Å². The van der Waals surface area contributed by atoms with E-state index >= 15 is 0 Å². The first-order valence-corrected chi connectivity index (χ1v) is 8.40. The maximum Gasteiger partial charge on any atom is 0.226 e. The van der Waals surface area contributed by atoms with Crippen molar-refractivity contribution in [3.63, 3.8) is 0 Å². The second kappa shape index (κ2) is 8.25. The molecule has 0 saturated heterocycles. The third-order valence-corrected chi connectivity index (χ3v) is 4.19. The van der Waals surface area contributed by atoms with E-state index in [0.29, 0.717) is 23.6 Å². The summed E-state index contributed by atoms with van der Waals surface area (Å²) < 4.78 is 12.5. The average molecular weight is 350 g/mol. The SMILES string of the molecule is COc1cc(NC(=O)C[C@@H](c2ccccc2)n2cccc2)cc(OC)c1. The minimum absolute atomic E-state index is 0.0706. The second-order valence-electron chi connectivity index (χ2n) is 5.91. The summed E-state index contributed by atoms with van der Waals surface area (Å²) in [6.45, 7) is 0. The molecule has 0 unspecified atom stereocenters. The van der Waals surface area contributed by atoms with Gasteiger partial charge in [-0.1, -0.05) is 30.3 Å². The first kappa shape index (κ1) is 17.6. The molecule has 134 valence electrons. The molecule has 1 N–H and O–H groups in total. The molecule has 0 bridgehead atoms. The number of rotatable bonds is 7. The number of anilines is 1. The third-order valence-electron chi connectivity index (χ3n) is 4.19. The van der Waals surface area contributed by atoms with Crippen LogP contribution in [0.15, 0.2) is 73.1 Å². The molecular formula is C21H22N2O3. The summed E-state index contributed by atoms with van der Waals surface area (Å²) >= 11 is 0. The summed E-state index contributed by atoms with van der Waals surface area (Å²) in [7, 11) is 3.16. The van der Waals surface area contributed by atoms with E-state index in [9.17, 15) is 4.79 Å². The van der Waals surface area contributed by atoms with Gasteiger partial charge in [0.2, 0.25) is 5.91 Å². The van der Waals surface area contributed by atoms with Gasteiger partial charge in [0.25, 0.3) is 0 Å². The summed E-state index contributed by atoms with van der Waals surface area (Å²) in [5.74, 6) is 1.18. The maximum absolute atomic E-state index is 12.7. The van der Waals surface area contributed by atoms with Gasteiger partial charge < -0.3 is 19.4 Å². The lowest BCUT2D eigenvalue weighted by molar-refractivity contribution is -0.116. The van der Waals surface area contributed by atoms with Gasteiger partial charge >= 0.3 is 0 Å². The van der Waals surface area contributed by atoms with Crippen LogP contribution >= 0.6 is 0 Å². The van der Waals surface area contributed by atoms with E-state index in [-0.39, 0.29) is 11.9 Å². The van der Waals surface area contributed by atoms with Gasteiger partial charge in [0.05, 0.1) is 26.7 Å². The fourth-order valence-corrected chi connectivity index (χ4v) is 2.89. The van der Waals surface area contributed by atoms with Gasteiger partial charge in [-0.05, 0) is 17.7 Å². The molecule has 0 radical (unpaired) electrons. The predicted molar refractivity (Wildman–Crippen MR) is 102 cm³/mol. The van der Waals surface area contributed by atoms with E-state index in [1.807, 2.05) is 59.4 Å². The zero-order valence-electron chi connectivity index (χ0n) is 14.9. The van der Waals surface area contributed by atoms with E-state index in [4.69, 9.17) is 9.47 Å². The number of hydrogen-bond donors (Lipinski definition) is 1. The molecule has 0 spiro atoms. The first-order valence-electron chi connectivity index (χ1n) is 8.40. The van der Waals surface area contributed by atoms with Crippen molar-refractivity contribution in [1.82, 2.24) is 4.57 Å². The molecule has 26 heavy (non-hydrogen) atoms. The second-order valence-corrected chi connectivity index (χ2v) is 5.91. The number of amides is 1. The molecule has 0 aliphatic rings. The van der Waals surface area contributed by atoms with Crippen molar-refractivity contribution in [2.24, 2.45) is 0 Å². The summed E-state index contributed by atoms with van der Waals surface area (Å²) in [5, 5.41) is 2.94. The molecule has 1 amide bonds. The Kier molecular flexibility index (Phi) is 5.59. The lowest BCUT2D eigenvalue weighted by atomic mass is 10.0. The van der Waals surface area contributed by atoms with Gasteiger partial charge in [0.15, 0.2) is 0 Å². The average Bonchev–Trinajstić information content (AvgIpc) is 3.21. The number of methoxy groups -OCH3 is 2. The largest absolute Gasteiger partial charge is 0.497 e. The number of aromatic nitrogens is 1. The standard InChI is InChI=1S/C21H22N2O3/c1-25-18-12-17(13-19(14-18)26-2)22-21(24)15-20(23-10-6-7-11-23)16-8-4-3-5-9-16/h3-14,20H,15H2,1-2H3,(H,22,24)/t20-/m0/s1. The number of nitrogens with zero attached hydrogens (tertiary/aromatic N) is 1. The van der Waals surface area contributed by atoms with Crippen LogP contribution < -0.4 is 14.8 Å². The Morgan fingerprint density at radius 2 is 1.58 bits per heavy atom. The first-order chi connectivity index (χ1) is 12.7. The third kappa shape index (κ3) is 4.25. The number of nitrogens with one attached hydrogen (secondary N) is 1. The molecular weight excluding hydrogens is 328 g/mol. The normalized spacial score (nSPS) is 11.6. The Labute approximate surface area is 153 Å². The summed E-state index contributed by atoms with van der Waals surface area (Å²) in [6, 6.07) is 19.2. The molecule has 1 atom stereocenters. The van der Waals surface area contributed by atoms with Gasteiger partial charge in [-0.15, -0.1) is 0 Å². The Hall–Kier alpha value is -3.21. The van der Waals surface area contributed by atoms with Crippen molar-refractivity contribution in [2.45, 2.75) is 12.5 Å². The molecule has 3 rings (SSSR count). The fourth-order valence-electron chi connectivity index (χ4n) is 2.89. The van der Waals surface area contributed by atoms with Crippen LogP contribution in [0.3, 0.4) is 0 Å². The van der Waals surface area contributed by atoms with Crippen LogP contribution in [0.2, 0.25) is 0 Å². The molecule has 3 aromatic rings. The number of ether oxygens (including phenoxy) is 2. The van der Waals surface area contributed by atoms with Gasteiger partial charge in [-0.3, -0.25) is 4.79 Å². The van der Waals surface area contributed by atoms with Crippen LogP contribution in [-0.2, 0) is 4.79 Å². The molecule has 0 fully saturated rings. The van der Waals surface area contributed by atoms with Crippen LogP contribution in [0.5, 0.6) is 11.5 Å². The highest BCUT2D eigenvalue weighted by atomic mass is 16.5. The zero-order chi connectivity index (χ0) is 18.4. The van der Waals surface area contributed by atoms with E-state index in [1.165, 1.54) is 0 Å². The van der Waals surface area contributed by atoms with E-state index in [0.717, 1.165) is 5.56 Å². The minimum Gasteiger partial charge on any atom is -0.497 e. The van der Waals surface area contributed by atoms with Crippen molar-refractivity contribution < 1.29 is 14.3 Å². The van der Waals surface area contributed by atoms with Crippen molar-refractivity contribution in [2.75, 3.05) is 19.5 Å². The van der Waals surface area contributed by atoms with Crippen molar-refractivity contribution >= 4 is 11.6 Å². The molecule has 2 aromatic carbocycles. The highest BCUT2D eigenvalue weighted by Crippen LogP contribution is 2.27. The smallest absolute Gasteiger partial charge is 0.226 e. The molecule has 0 aliphatic heterocycles. The Morgan fingerprint density at radius 3 is 2.15 bits per heavy atom. The fraction of sp³-hybridized carbons (Fsp3) is 0.190. The molecule has 0 saturated carbocycles. The van der Waals surface area contributed by atoms with Crippen molar-refractivity contribution in [1.29, 1.82) is 0 Å². The molecule has 1 aromatic heterocycles. The summed E-state index contributed by atoms with van der Waals surface area (Å²) in [6.07, 6.45) is 4.26. The maximum atomic E-state index is 12.7. The number of carbonyl (C=O) groups is 1. The van der Waals surface area contributed by atoms with Crippen molar-refractivity contribution in [3.8, 4) is 11.5 Å². The zero-order valence-corrected chi connectivity index (χ0v) is 14.9. The van der Waals surface area contributed by atoms with Crippen LogP contribution in [0, 0.1) is 0 Å². The summed E-state index contributed by atoms with van der Waals surface area (Å²) in [4.78, 5) is 12.7. The Morgan fingerprint density at radius 1 is 0.962 bits per heavy atom.